The molecule has 138 valence electrons. The van der Waals surface area contributed by atoms with Crippen LogP contribution in [0.5, 0.6) is 0 Å². The zero-order valence-corrected chi connectivity index (χ0v) is 15.2. The number of benzene rings is 1. The third kappa shape index (κ3) is 3.58. The van der Waals surface area contributed by atoms with Gasteiger partial charge in [0, 0.05) is 31.9 Å². The van der Waals surface area contributed by atoms with Crippen LogP contribution in [0.1, 0.15) is 0 Å². The number of nitrogens with one attached hydrogen (secondary N) is 1. The van der Waals surface area contributed by atoms with Gasteiger partial charge >= 0.3 is 0 Å². The Kier molecular flexibility index (Phi) is 4.88. The molecule has 0 amide bonds. The van der Waals surface area contributed by atoms with Crippen molar-refractivity contribution in [3.05, 3.63) is 42.3 Å². The molecule has 26 heavy (non-hydrogen) atoms. The first-order valence-electron chi connectivity index (χ1n) is 9.34. The van der Waals surface area contributed by atoms with E-state index in [2.05, 4.69) is 51.1 Å². The molecule has 0 spiro atoms. The highest BCUT2D eigenvalue weighted by Gasteiger charge is 2.24. The summed E-state index contributed by atoms with van der Waals surface area (Å²) in [6.07, 6.45) is 1.33. The summed E-state index contributed by atoms with van der Waals surface area (Å²) in [7, 11) is 2.17. The molecule has 7 heteroatoms. The topological polar surface area (TPSA) is 39.9 Å². The number of likely N-dealkylation sites (N-methyl/N-ethyl adjacent to an activating group) is 1. The number of para-hydroxylation sites is 1. The SMILES string of the molecule is C[NH+]1CCN(c2nc(N3CCN(c4ccccc4)CC3)ncc2F)CC1. The first-order valence-corrected chi connectivity index (χ1v) is 9.34. The Hall–Kier alpha value is -2.41. The third-order valence-corrected chi connectivity index (χ3v) is 5.31. The molecule has 2 aromatic rings. The van der Waals surface area contributed by atoms with E-state index >= 15 is 0 Å². The fourth-order valence-corrected chi connectivity index (χ4v) is 3.63. The van der Waals surface area contributed by atoms with Crippen LogP contribution in [0.3, 0.4) is 0 Å². The maximum absolute atomic E-state index is 14.3. The average molecular weight is 357 g/mol. The number of hydrogen-bond acceptors (Lipinski definition) is 5. The Labute approximate surface area is 153 Å². The molecule has 0 bridgehead atoms. The summed E-state index contributed by atoms with van der Waals surface area (Å²) in [4.78, 5) is 16.9. The van der Waals surface area contributed by atoms with Crippen molar-refractivity contribution < 1.29 is 9.29 Å². The van der Waals surface area contributed by atoms with Crippen LogP contribution < -0.4 is 19.6 Å². The maximum Gasteiger partial charge on any atom is 0.227 e. The van der Waals surface area contributed by atoms with E-state index in [9.17, 15) is 4.39 Å². The lowest BCUT2D eigenvalue weighted by Gasteiger charge is -2.36. The van der Waals surface area contributed by atoms with Crippen LogP contribution in [0.25, 0.3) is 0 Å². The number of rotatable bonds is 3. The minimum atomic E-state index is -0.323. The molecule has 0 aliphatic carbocycles. The van der Waals surface area contributed by atoms with Gasteiger partial charge in [-0.1, -0.05) is 18.2 Å². The third-order valence-electron chi connectivity index (χ3n) is 5.31. The summed E-state index contributed by atoms with van der Waals surface area (Å²) in [6, 6.07) is 10.4. The van der Waals surface area contributed by atoms with Gasteiger partial charge in [0.05, 0.1) is 39.4 Å². The van der Waals surface area contributed by atoms with Crippen molar-refractivity contribution in [2.45, 2.75) is 0 Å². The Morgan fingerprint density at radius 1 is 0.885 bits per heavy atom. The zero-order valence-electron chi connectivity index (χ0n) is 15.2. The molecule has 4 rings (SSSR count). The normalized spacial score (nSPS) is 19.1. The van der Waals surface area contributed by atoms with E-state index in [-0.39, 0.29) is 5.82 Å². The number of hydrogen-bond donors (Lipinski definition) is 1. The second-order valence-corrected chi connectivity index (χ2v) is 7.10. The smallest absolute Gasteiger partial charge is 0.227 e. The van der Waals surface area contributed by atoms with Crippen LogP contribution in [-0.4, -0.2) is 69.4 Å². The van der Waals surface area contributed by atoms with Crippen LogP contribution >= 0.6 is 0 Å². The van der Waals surface area contributed by atoms with E-state index in [1.165, 1.54) is 16.8 Å². The second-order valence-electron chi connectivity index (χ2n) is 7.10. The van der Waals surface area contributed by atoms with E-state index in [0.29, 0.717) is 11.8 Å². The summed E-state index contributed by atoms with van der Waals surface area (Å²) < 4.78 is 14.3. The van der Waals surface area contributed by atoms with Gasteiger partial charge in [-0.2, -0.15) is 4.98 Å². The summed E-state index contributed by atoms with van der Waals surface area (Å²) in [6.45, 7) is 7.20. The lowest BCUT2D eigenvalue weighted by atomic mass is 10.2. The molecule has 2 aliphatic rings. The van der Waals surface area contributed by atoms with Crippen molar-refractivity contribution in [2.75, 3.05) is 74.1 Å². The number of aromatic nitrogens is 2. The maximum atomic E-state index is 14.3. The molecule has 0 radical (unpaired) electrons. The van der Waals surface area contributed by atoms with Crippen LogP contribution in [0.2, 0.25) is 0 Å². The Morgan fingerprint density at radius 3 is 2.23 bits per heavy atom. The van der Waals surface area contributed by atoms with E-state index in [1.54, 1.807) is 0 Å². The molecule has 2 aliphatic heterocycles. The lowest BCUT2D eigenvalue weighted by molar-refractivity contribution is -0.880. The van der Waals surface area contributed by atoms with Crippen molar-refractivity contribution in [3.8, 4) is 0 Å². The van der Waals surface area contributed by atoms with Crippen LogP contribution in [-0.2, 0) is 0 Å². The molecule has 6 nitrogen and oxygen atoms in total. The minimum absolute atomic E-state index is 0.323. The highest BCUT2D eigenvalue weighted by molar-refractivity contribution is 5.49. The molecule has 0 saturated carbocycles. The highest BCUT2D eigenvalue weighted by Crippen LogP contribution is 2.22. The predicted octanol–water partition coefficient (Wildman–Crippen LogP) is 0.277. The first kappa shape index (κ1) is 17.0. The quantitative estimate of drug-likeness (QED) is 0.854. The second kappa shape index (κ2) is 7.45. The monoisotopic (exact) mass is 357 g/mol. The number of piperazine rings is 2. The van der Waals surface area contributed by atoms with Crippen molar-refractivity contribution in [2.24, 2.45) is 0 Å². The van der Waals surface area contributed by atoms with Crippen LogP contribution in [0.4, 0.5) is 21.8 Å². The molecule has 2 fully saturated rings. The fourth-order valence-electron chi connectivity index (χ4n) is 3.63. The van der Waals surface area contributed by atoms with E-state index in [0.717, 1.165) is 52.4 Å². The molecule has 0 unspecified atom stereocenters. The molecule has 3 heterocycles. The van der Waals surface area contributed by atoms with E-state index in [1.807, 2.05) is 11.0 Å². The summed E-state index contributed by atoms with van der Waals surface area (Å²) >= 11 is 0. The lowest BCUT2D eigenvalue weighted by Crippen LogP contribution is -3.12. The van der Waals surface area contributed by atoms with E-state index < -0.39 is 0 Å². The van der Waals surface area contributed by atoms with Crippen molar-refractivity contribution in [1.29, 1.82) is 0 Å². The van der Waals surface area contributed by atoms with Crippen molar-refractivity contribution in [3.63, 3.8) is 0 Å². The molecular weight excluding hydrogens is 331 g/mol. The summed E-state index contributed by atoms with van der Waals surface area (Å²) in [5.41, 5.74) is 1.24. The van der Waals surface area contributed by atoms with Gasteiger partial charge in [-0.15, -0.1) is 0 Å². The van der Waals surface area contributed by atoms with Gasteiger partial charge in [0.2, 0.25) is 5.95 Å². The number of halogens is 1. The van der Waals surface area contributed by atoms with Crippen LogP contribution in [0, 0.1) is 5.82 Å². The van der Waals surface area contributed by atoms with Crippen LogP contribution in [0.15, 0.2) is 36.5 Å². The molecule has 2 saturated heterocycles. The molecule has 1 N–H and O–H groups in total. The summed E-state index contributed by atoms with van der Waals surface area (Å²) in [5.74, 6) is 0.768. The van der Waals surface area contributed by atoms with Gasteiger partial charge in [-0.25, -0.2) is 9.37 Å². The zero-order chi connectivity index (χ0) is 17.9. The number of anilines is 3. The fraction of sp³-hybridized carbons (Fsp3) is 0.474. The number of nitrogens with zero attached hydrogens (tertiary/aromatic N) is 5. The highest BCUT2D eigenvalue weighted by atomic mass is 19.1. The van der Waals surface area contributed by atoms with Gasteiger partial charge < -0.3 is 19.6 Å². The molecule has 1 aromatic heterocycles. The Bertz CT molecular complexity index is 724. The first-order chi connectivity index (χ1) is 12.7. The Morgan fingerprint density at radius 2 is 1.54 bits per heavy atom. The molecule has 0 atom stereocenters. The minimum Gasteiger partial charge on any atom is -0.368 e. The van der Waals surface area contributed by atoms with Gasteiger partial charge in [-0.05, 0) is 12.1 Å². The predicted molar refractivity (Wildman–Crippen MR) is 102 cm³/mol. The number of quaternary nitrogens is 1. The van der Waals surface area contributed by atoms with Gasteiger partial charge in [0.15, 0.2) is 11.6 Å². The van der Waals surface area contributed by atoms with Gasteiger partial charge in [0.1, 0.15) is 0 Å². The summed E-state index contributed by atoms with van der Waals surface area (Å²) in [5, 5.41) is 0. The van der Waals surface area contributed by atoms with Gasteiger partial charge in [-0.3, -0.25) is 0 Å². The Balaban J connectivity index is 1.45. The van der Waals surface area contributed by atoms with Gasteiger partial charge in [0.25, 0.3) is 0 Å². The van der Waals surface area contributed by atoms with Crippen molar-refractivity contribution >= 4 is 17.5 Å². The standard InChI is InChI=1S/C19H25FN6/c1-23-7-9-25(10-8-23)18-17(20)15-21-19(22-18)26-13-11-24(12-14-26)16-5-3-2-4-6-16/h2-6,15H,7-14H2,1H3/p+1. The molecular formula is C19H26FN6+. The average Bonchev–Trinajstić information content (AvgIpc) is 2.70. The largest absolute Gasteiger partial charge is 0.368 e. The van der Waals surface area contributed by atoms with Crippen molar-refractivity contribution in [1.82, 2.24) is 9.97 Å². The van der Waals surface area contributed by atoms with E-state index in [4.69, 9.17) is 0 Å². The molecule has 1 aromatic carbocycles.